The molecule has 0 saturated carbocycles. The van der Waals surface area contributed by atoms with Crippen LogP contribution >= 0.6 is 11.8 Å². The molecule has 7 heteroatoms. The highest BCUT2D eigenvalue weighted by Crippen LogP contribution is 2.19. The average molecular weight is 495 g/mol. The van der Waals surface area contributed by atoms with E-state index in [2.05, 4.69) is 13.8 Å². The maximum atomic E-state index is 10.1. The number of rotatable bonds is 26. The number of hydrogen-bond acceptors (Lipinski definition) is 7. The molecule has 0 heterocycles. The molecule has 0 fully saturated rings. The van der Waals surface area contributed by atoms with E-state index in [0.717, 1.165) is 50.0 Å². The molecule has 0 bridgehead atoms. The maximum Gasteiger partial charge on any atom is 0.0773 e. The summed E-state index contributed by atoms with van der Waals surface area (Å²) >= 11 is 1.80. The molecule has 0 amide bonds. The second-order valence-electron chi connectivity index (χ2n) is 9.38. The first-order valence-electron chi connectivity index (χ1n) is 13.4. The van der Waals surface area contributed by atoms with Gasteiger partial charge in [-0.1, -0.05) is 65.2 Å². The van der Waals surface area contributed by atoms with Gasteiger partial charge in [0.2, 0.25) is 0 Å². The van der Waals surface area contributed by atoms with Crippen molar-refractivity contribution in [1.82, 2.24) is 0 Å². The van der Waals surface area contributed by atoms with Crippen LogP contribution in [0.2, 0.25) is 0 Å². The van der Waals surface area contributed by atoms with Crippen molar-refractivity contribution < 1.29 is 29.9 Å². The molecule has 0 radical (unpaired) electrons. The number of aliphatic hydroxyl groups is 4. The topological polar surface area (TPSA) is 99.4 Å². The Kier molecular flexibility index (Phi) is 25.3. The predicted molar refractivity (Wildman–Crippen MR) is 139 cm³/mol. The van der Waals surface area contributed by atoms with E-state index in [0.29, 0.717) is 39.3 Å². The van der Waals surface area contributed by atoms with Crippen molar-refractivity contribution in [3.05, 3.63) is 0 Å². The average Bonchev–Trinajstić information content (AvgIpc) is 2.79. The molecule has 0 aromatic carbocycles. The Labute approximate surface area is 207 Å². The molecule has 200 valence electrons. The minimum absolute atomic E-state index is 0.132. The Morgan fingerprint density at radius 3 is 1.36 bits per heavy atom. The van der Waals surface area contributed by atoms with Crippen LogP contribution in [0.5, 0.6) is 0 Å². The quantitative estimate of drug-likeness (QED) is 0.132. The summed E-state index contributed by atoms with van der Waals surface area (Å²) in [7, 11) is 0. The van der Waals surface area contributed by atoms with Gasteiger partial charge in [0.05, 0.1) is 38.6 Å². The van der Waals surface area contributed by atoms with E-state index in [1.807, 2.05) is 0 Å². The Morgan fingerprint density at radius 1 is 0.576 bits per heavy atom. The summed E-state index contributed by atoms with van der Waals surface area (Å²) in [5.41, 5.74) is 0. The lowest BCUT2D eigenvalue weighted by atomic mass is 10.1. The molecule has 0 aliphatic heterocycles. The second kappa shape index (κ2) is 25.2. The number of aliphatic hydroxyl groups excluding tert-OH is 4. The molecule has 4 atom stereocenters. The molecule has 0 rings (SSSR count). The van der Waals surface area contributed by atoms with Gasteiger partial charge >= 0.3 is 0 Å². The zero-order valence-electron chi connectivity index (χ0n) is 21.5. The van der Waals surface area contributed by atoms with Gasteiger partial charge in [-0.05, 0) is 49.0 Å². The van der Waals surface area contributed by atoms with Gasteiger partial charge in [-0.15, -0.1) is 0 Å². The summed E-state index contributed by atoms with van der Waals surface area (Å²) in [5, 5.41) is 38.9. The predicted octanol–water partition coefficient (Wildman–Crippen LogP) is 4.41. The number of thioether (sulfide) groups is 1. The van der Waals surface area contributed by atoms with Crippen LogP contribution in [-0.4, -0.2) is 83.8 Å². The highest BCUT2D eigenvalue weighted by Gasteiger charge is 2.15. The van der Waals surface area contributed by atoms with Crippen LogP contribution in [0.15, 0.2) is 0 Å². The third kappa shape index (κ3) is 22.3. The van der Waals surface area contributed by atoms with E-state index in [9.17, 15) is 20.4 Å². The van der Waals surface area contributed by atoms with Gasteiger partial charge in [0.15, 0.2) is 0 Å². The highest BCUT2D eigenvalue weighted by molar-refractivity contribution is 7.99. The first kappa shape index (κ1) is 33.1. The van der Waals surface area contributed by atoms with Crippen LogP contribution in [0.4, 0.5) is 0 Å². The normalized spacial score (nSPS) is 15.5. The largest absolute Gasteiger partial charge is 0.396 e. The van der Waals surface area contributed by atoms with Gasteiger partial charge in [-0.3, -0.25) is 0 Å². The standard InChI is InChI=1S/C26H54O6S/c1-3-5-7-9-11-25(29)19-31-17-23(13-15-27)21-33-22-24(14-16-28)18-32-20-26(30)12-10-8-6-4-2/h23-30H,3-22H2,1-2H3. The maximum absolute atomic E-state index is 10.1. The smallest absolute Gasteiger partial charge is 0.0773 e. The van der Waals surface area contributed by atoms with Crippen LogP contribution in [0.25, 0.3) is 0 Å². The van der Waals surface area contributed by atoms with Gasteiger partial charge in [-0.25, -0.2) is 0 Å². The lowest BCUT2D eigenvalue weighted by Gasteiger charge is -2.20. The van der Waals surface area contributed by atoms with Crippen molar-refractivity contribution in [2.24, 2.45) is 11.8 Å². The third-order valence-electron chi connectivity index (χ3n) is 5.89. The van der Waals surface area contributed by atoms with Crippen molar-refractivity contribution in [2.45, 2.75) is 103 Å². The zero-order chi connectivity index (χ0) is 24.6. The summed E-state index contributed by atoms with van der Waals surface area (Å²) in [6.45, 7) is 6.44. The van der Waals surface area contributed by atoms with E-state index >= 15 is 0 Å². The summed E-state index contributed by atoms with van der Waals surface area (Å²) in [5.74, 6) is 2.23. The summed E-state index contributed by atoms with van der Waals surface area (Å²) in [6.07, 6.45) is 11.4. The fraction of sp³-hybridized carbons (Fsp3) is 1.00. The Morgan fingerprint density at radius 2 is 1.00 bits per heavy atom. The third-order valence-corrected chi connectivity index (χ3v) is 7.31. The van der Waals surface area contributed by atoms with Gasteiger partial charge in [0.1, 0.15) is 0 Å². The molecule has 0 aliphatic carbocycles. The molecule has 0 saturated heterocycles. The van der Waals surface area contributed by atoms with Crippen molar-refractivity contribution >= 4 is 11.8 Å². The summed E-state index contributed by atoms with van der Waals surface area (Å²) in [6, 6.07) is 0. The first-order chi connectivity index (χ1) is 16.1. The lowest BCUT2D eigenvalue weighted by Crippen LogP contribution is -2.22. The Bertz CT molecular complexity index is 354. The van der Waals surface area contributed by atoms with Crippen LogP contribution < -0.4 is 0 Å². The molecule has 4 N–H and O–H groups in total. The monoisotopic (exact) mass is 494 g/mol. The number of hydrogen-bond donors (Lipinski definition) is 4. The van der Waals surface area contributed by atoms with Crippen molar-refractivity contribution in [1.29, 1.82) is 0 Å². The van der Waals surface area contributed by atoms with E-state index < -0.39 is 12.2 Å². The molecular weight excluding hydrogens is 440 g/mol. The second-order valence-corrected chi connectivity index (χ2v) is 10.5. The fourth-order valence-corrected chi connectivity index (χ4v) is 5.05. The van der Waals surface area contributed by atoms with Gasteiger partial charge < -0.3 is 29.9 Å². The molecule has 0 aromatic rings. The van der Waals surface area contributed by atoms with Crippen molar-refractivity contribution in [2.75, 3.05) is 51.1 Å². The van der Waals surface area contributed by atoms with Crippen LogP contribution in [0.3, 0.4) is 0 Å². The molecule has 0 spiro atoms. The fourth-order valence-electron chi connectivity index (χ4n) is 3.72. The SMILES string of the molecule is CCCCCCC(O)COCC(CCO)CSCC(CCO)COCC(O)CCCCCC. The number of ether oxygens (including phenoxy) is 2. The Hall–Kier alpha value is 0.110. The minimum atomic E-state index is -0.405. The molecule has 0 aliphatic rings. The van der Waals surface area contributed by atoms with Crippen LogP contribution in [-0.2, 0) is 9.47 Å². The van der Waals surface area contributed by atoms with E-state index in [-0.39, 0.29) is 25.0 Å². The van der Waals surface area contributed by atoms with Crippen LogP contribution in [0.1, 0.15) is 90.9 Å². The van der Waals surface area contributed by atoms with E-state index in [1.54, 1.807) is 11.8 Å². The Balaban J connectivity index is 4.05. The van der Waals surface area contributed by atoms with Crippen LogP contribution in [0, 0.1) is 11.8 Å². The lowest BCUT2D eigenvalue weighted by molar-refractivity contribution is 0.0157. The molecule has 0 aromatic heterocycles. The molecule has 33 heavy (non-hydrogen) atoms. The number of unbranched alkanes of at least 4 members (excludes halogenated alkanes) is 6. The molecule has 4 unspecified atom stereocenters. The van der Waals surface area contributed by atoms with E-state index in [1.165, 1.54) is 25.7 Å². The van der Waals surface area contributed by atoms with Gasteiger partial charge in [0, 0.05) is 13.2 Å². The summed E-state index contributed by atoms with van der Waals surface area (Å²) in [4.78, 5) is 0. The first-order valence-corrected chi connectivity index (χ1v) is 14.5. The van der Waals surface area contributed by atoms with Gasteiger partial charge in [0.25, 0.3) is 0 Å². The minimum Gasteiger partial charge on any atom is -0.396 e. The molecule has 6 nitrogen and oxygen atoms in total. The summed E-state index contributed by atoms with van der Waals surface area (Å²) < 4.78 is 11.5. The van der Waals surface area contributed by atoms with E-state index in [4.69, 9.17) is 9.47 Å². The van der Waals surface area contributed by atoms with Gasteiger partial charge in [-0.2, -0.15) is 11.8 Å². The highest BCUT2D eigenvalue weighted by atomic mass is 32.2. The van der Waals surface area contributed by atoms with Crippen molar-refractivity contribution in [3.63, 3.8) is 0 Å². The zero-order valence-corrected chi connectivity index (χ0v) is 22.3. The van der Waals surface area contributed by atoms with Crippen molar-refractivity contribution in [3.8, 4) is 0 Å². The molecular formula is C26H54O6S.